The zero-order chi connectivity index (χ0) is 17.4. The monoisotopic (exact) mass is 335 g/mol. The molecule has 0 bridgehead atoms. The fourth-order valence-electron chi connectivity index (χ4n) is 3.22. The second kappa shape index (κ2) is 9.35. The number of unbranched alkanes of at least 4 members (excludes halogenated alkanes) is 1. The summed E-state index contributed by atoms with van der Waals surface area (Å²) in [4.78, 5) is 25.3. The molecule has 1 aliphatic heterocycles. The summed E-state index contributed by atoms with van der Waals surface area (Å²) in [5, 5.41) is 2.55. The molecule has 2 heterocycles. The molecular formula is C18H29N3O3. The van der Waals surface area contributed by atoms with Crippen LogP contribution in [0.1, 0.15) is 69.4 Å². The molecule has 0 aliphatic carbocycles. The molecule has 0 spiro atoms. The van der Waals surface area contributed by atoms with E-state index in [1.165, 1.54) is 0 Å². The number of rotatable bonds is 7. The lowest BCUT2D eigenvalue weighted by atomic mass is 10.1. The molecule has 0 unspecified atom stereocenters. The second-order valence-corrected chi connectivity index (χ2v) is 6.36. The number of nitrogens with two attached hydrogens (primary N) is 1. The van der Waals surface area contributed by atoms with Crippen molar-refractivity contribution < 1.29 is 14.0 Å². The van der Waals surface area contributed by atoms with Crippen LogP contribution in [0.4, 0.5) is 4.79 Å². The van der Waals surface area contributed by atoms with Crippen LogP contribution in [0.2, 0.25) is 0 Å². The fraction of sp³-hybridized carbons (Fsp3) is 0.667. The van der Waals surface area contributed by atoms with Gasteiger partial charge in [0.15, 0.2) is 0 Å². The Morgan fingerprint density at radius 2 is 2.12 bits per heavy atom. The van der Waals surface area contributed by atoms with E-state index >= 15 is 0 Å². The predicted molar refractivity (Wildman–Crippen MR) is 92.4 cm³/mol. The molecule has 0 radical (unpaired) electrons. The first-order valence-corrected chi connectivity index (χ1v) is 9.03. The highest BCUT2D eigenvalue weighted by Gasteiger charge is 2.28. The third-order valence-electron chi connectivity index (χ3n) is 4.55. The van der Waals surface area contributed by atoms with Gasteiger partial charge in [-0.15, -0.1) is 0 Å². The number of nitrogens with zero attached hydrogens (tertiary/aromatic N) is 1. The molecule has 3 N–H and O–H groups in total. The molecule has 3 amide bonds. The predicted octanol–water partition coefficient (Wildman–Crippen LogP) is 3.12. The van der Waals surface area contributed by atoms with Crippen LogP contribution in [0.15, 0.2) is 16.5 Å². The van der Waals surface area contributed by atoms with E-state index in [0.29, 0.717) is 13.0 Å². The first-order chi connectivity index (χ1) is 11.6. The SMILES string of the molecule is CCc1ccc([C@H]2CCCCCN2C(=O)CCCCNC(N)=O)o1. The van der Waals surface area contributed by atoms with Crippen LogP contribution in [0.5, 0.6) is 0 Å². The van der Waals surface area contributed by atoms with Crippen molar-refractivity contribution in [1.29, 1.82) is 0 Å². The average molecular weight is 335 g/mol. The van der Waals surface area contributed by atoms with Gasteiger partial charge in [-0.2, -0.15) is 0 Å². The molecule has 1 aliphatic rings. The first kappa shape index (κ1) is 18.4. The van der Waals surface area contributed by atoms with E-state index in [4.69, 9.17) is 10.2 Å². The third-order valence-corrected chi connectivity index (χ3v) is 4.55. The fourth-order valence-corrected chi connectivity index (χ4v) is 3.22. The lowest BCUT2D eigenvalue weighted by Gasteiger charge is -2.29. The molecule has 0 saturated carbocycles. The molecule has 2 rings (SSSR count). The van der Waals surface area contributed by atoms with E-state index < -0.39 is 6.03 Å². The number of likely N-dealkylation sites (tertiary alicyclic amines) is 1. The van der Waals surface area contributed by atoms with E-state index in [0.717, 1.165) is 63.0 Å². The van der Waals surface area contributed by atoms with E-state index in [2.05, 4.69) is 12.2 Å². The second-order valence-electron chi connectivity index (χ2n) is 6.36. The molecule has 1 atom stereocenters. The minimum absolute atomic E-state index is 0.0593. The van der Waals surface area contributed by atoms with Gasteiger partial charge in [0.25, 0.3) is 0 Å². The first-order valence-electron chi connectivity index (χ1n) is 9.03. The highest BCUT2D eigenvalue weighted by Crippen LogP contribution is 2.32. The van der Waals surface area contributed by atoms with Crippen LogP contribution in [-0.2, 0) is 11.2 Å². The van der Waals surface area contributed by atoms with Crippen LogP contribution in [0, 0.1) is 0 Å². The van der Waals surface area contributed by atoms with Crippen LogP contribution >= 0.6 is 0 Å². The zero-order valence-corrected chi connectivity index (χ0v) is 14.6. The normalized spacial score (nSPS) is 18.2. The van der Waals surface area contributed by atoms with Gasteiger partial charge in [0, 0.05) is 25.9 Å². The molecule has 0 aromatic carbocycles. The van der Waals surface area contributed by atoms with Gasteiger partial charge in [-0.1, -0.05) is 19.8 Å². The number of hydrogen-bond acceptors (Lipinski definition) is 3. The Balaban J connectivity index is 1.92. The largest absolute Gasteiger partial charge is 0.464 e. The zero-order valence-electron chi connectivity index (χ0n) is 14.6. The number of hydrogen-bond donors (Lipinski definition) is 2. The van der Waals surface area contributed by atoms with Crippen LogP contribution in [0.3, 0.4) is 0 Å². The lowest BCUT2D eigenvalue weighted by Crippen LogP contribution is -2.34. The Bertz CT molecular complexity index is 541. The van der Waals surface area contributed by atoms with E-state index in [-0.39, 0.29) is 11.9 Å². The minimum atomic E-state index is -0.515. The van der Waals surface area contributed by atoms with Crippen molar-refractivity contribution in [3.63, 3.8) is 0 Å². The van der Waals surface area contributed by atoms with Crippen molar-refractivity contribution in [2.75, 3.05) is 13.1 Å². The number of aryl methyl sites for hydroxylation is 1. The summed E-state index contributed by atoms with van der Waals surface area (Å²) in [7, 11) is 0. The average Bonchev–Trinajstić information content (AvgIpc) is 2.90. The van der Waals surface area contributed by atoms with Gasteiger partial charge in [-0.3, -0.25) is 4.79 Å². The van der Waals surface area contributed by atoms with Crippen molar-refractivity contribution in [3.8, 4) is 0 Å². The number of carbonyl (C=O) groups is 2. The minimum Gasteiger partial charge on any atom is -0.464 e. The Morgan fingerprint density at radius 3 is 2.83 bits per heavy atom. The van der Waals surface area contributed by atoms with Gasteiger partial charge in [0.05, 0.1) is 6.04 Å². The standard InChI is InChI=1S/C18H29N3O3/c1-2-14-10-11-16(24-14)15-8-4-3-7-13-21(15)17(22)9-5-6-12-20-18(19)23/h10-11,15H,2-9,12-13H2,1H3,(H3,19,20,23)/t15-/m1/s1. The number of nitrogens with one attached hydrogen (secondary N) is 1. The Hall–Kier alpha value is -1.98. The lowest BCUT2D eigenvalue weighted by molar-refractivity contribution is -0.134. The maximum Gasteiger partial charge on any atom is 0.312 e. The van der Waals surface area contributed by atoms with E-state index in [9.17, 15) is 9.59 Å². The van der Waals surface area contributed by atoms with Crippen LogP contribution in [0.25, 0.3) is 0 Å². The maximum atomic E-state index is 12.7. The van der Waals surface area contributed by atoms with Gasteiger partial charge in [-0.25, -0.2) is 4.79 Å². The highest BCUT2D eigenvalue weighted by molar-refractivity contribution is 5.76. The Labute approximate surface area is 143 Å². The number of furan rings is 1. The van der Waals surface area contributed by atoms with Gasteiger partial charge in [0.1, 0.15) is 11.5 Å². The molecule has 1 aromatic heterocycles. The summed E-state index contributed by atoms with van der Waals surface area (Å²) in [6.45, 7) is 3.38. The summed E-state index contributed by atoms with van der Waals surface area (Å²) in [5.41, 5.74) is 5.03. The number of urea groups is 1. The van der Waals surface area contributed by atoms with Crippen LogP contribution < -0.4 is 11.1 Å². The molecule has 134 valence electrons. The highest BCUT2D eigenvalue weighted by atomic mass is 16.3. The van der Waals surface area contributed by atoms with E-state index in [1.54, 1.807) is 0 Å². The molecule has 24 heavy (non-hydrogen) atoms. The third kappa shape index (κ3) is 5.28. The molecular weight excluding hydrogens is 306 g/mol. The smallest absolute Gasteiger partial charge is 0.312 e. The van der Waals surface area contributed by atoms with Crippen molar-refractivity contribution in [1.82, 2.24) is 10.2 Å². The van der Waals surface area contributed by atoms with Crippen LogP contribution in [-0.4, -0.2) is 29.9 Å². The number of amides is 3. The summed E-state index contributed by atoms with van der Waals surface area (Å²) >= 11 is 0. The van der Waals surface area contributed by atoms with Crippen molar-refractivity contribution in [2.45, 2.75) is 64.3 Å². The quantitative estimate of drug-likeness (QED) is 0.750. The van der Waals surface area contributed by atoms with Crippen molar-refractivity contribution >= 4 is 11.9 Å². The van der Waals surface area contributed by atoms with Gasteiger partial charge in [-0.05, 0) is 37.8 Å². The molecule has 6 nitrogen and oxygen atoms in total. The van der Waals surface area contributed by atoms with E-state index in [1.807, 2.05) is 17.0 Å². The molecule has 6 heteroatoms. The molecule has 1 saturated heterocycles. The summed E-state index contributed by atoms with van der Waals surface area (Å²) in [6.07, 6.45) is 7.17. The summed E-state index contributed by atoms with van der Waals surface area (Å²) in [6, 6.07) is 3.58. The topological polar surface area (TPSA) is 88.6 Å². The van der Waals surface area contributed by atoms with Crippen molar-refractivity contribution in [2.24, 2.45) is 5.73 Å². The Morgan fingerprint density at radius 1 is 1.29 bits per heavy atom. The summed E-state index contributed by atoms with van der Waals surface area (Å²) in [5.74, 6) is 2.06. The van der Waals surface area contributed by atoms with Gasteiger partial charge < -0.3 is 20.4 Å². The van der Waals surface area contributed by atoms with Gasteiger partial charge in [0.2, 0.25) is 5.91 Å². The number of carbonyl (C=O) groups excluding carboxylic acids is 2. The Kier molecular flexibility index (Phi) is 7.15. The maximum absolute atomic E-state index is 12.7. The number of primary amides is 1. The van der Waals surface area contributed by atoms with Crippen molar-refractivity contribution in [3.05, 3.63) is 23.7 Å². The van der Waals surface area contributed by atoms with Gasteiger partial charge >= 0.3 is 6.03 Å². The molecule has 1 fully saturated rings. The summed E-state index contributed by atoms with van der Waals surface area (Å²) < 4.78 is 5.92. The molecule has 1 aromatic rings.